The molecule has 6 nitrogen and oxygen atoms in total. The molecule has 1 N–H and O–H groups in total. The van der Waals surface area contributed by atoms with Crippen LogP contribution in [0.25, 0.3) is 0 Å². The zero-order valence-electron chi connectivity index (χ0n) is 15.2. The molecular formula is C19H24N2O4S. The van der Waals surface area contributed by atoms with Crippen molar-refractivity contribution in [3.63, 3.8) is 0 Å². The molecule has 0 aliphatic rings. The molecule has 0 atom stereocenters. The smallest absolute Gasteiger partial charge is 0.225 e. The molecule has 2 aromatic rings. The summed E-state index contributed by atoms with van der Waals surface area (Å²) in [6.07, 6.45) is 1.21. The third-order valence-electron chi connectivity index (χ3n) is 3.88. The Morgan fingerprint density at radius 2 is 1.88 bits per heavy atom. The zero-order valence-corrected chi connectivity index (χ0v) is 16.0. The molecule has 0 aromatic heterocycles. The Morgan fingerprint density at radius 1 is 1.15 bits per heavy atom. The van der Waals surface area contributed by atoms with Crippen LogP contribution in [-0.2, 0) is 21.4 Å². The highest BCUT2D eigenvalue weighted by atomic mass is 32.2. The predicted octanol–water partition coefficient (Wildman–Crippen LogP) is 2.79. The first-order valence-corrected chi connectivity index (χ1v) is 10.1. The Morgan fingerprint density at radius 3 is 2.54 bits per heavy atom. The molecule has 2 aromatic carbocycles. The molecule has 0 bridgehead atoms. The second-order valence-corrected chi connectivity index (χ2v) is 8.07. The van der Waals surface area contributed by atoms with E-state index in [4.69, 9.17) is 4.74 Å². The van der Waals surface area contributed by atoms with Gasteiger partial charge in [0, 0.05) is 19.5 Å². The molecule has 0 aliphatic heterocycles. The van der Waals surface area contributed by atoms with Crippen LogP contribution in [-0.4, -0.2) is 38.5 Å². The van der Waals surface area contributed by atoms with E-state index in [0.29, 0.717) is 11.4 Å². The number of benzene rings is 2. The van der Waals surface area contributed by atoms with Crippen molar-refractivity contribution in [2.75, 3.05) is 25.2 Å². The quantitative estimate of drug-likeness (QED) is 0.769. The highest BCUT2D eigenvalue weighted by molar-refractivity contribution is 7.88. The van der Waals surface area contributed by atoms with Crippen molar-refractivity contribution >= 4 is 21.6 Å². The topological polar surface area (TPSA) is 75.7 Å². The predicted molar refractivity (Wildman–Crippen MR) is 103 cm³/mol. The summed E-state index contributed by atoms with van der Waals surface area (Å²) in [5, 5.41) is 2.76. The van der Waals surface area contributed by atoms with E-state index in [2.05, 4.69) is 5.32 Å². The molecule has 26 heavy (non-hydrogen) atoms. The summed E-state index contributed by atoms with van der Waals surface area (Å²) >= 11 is 0. The average molecular weight is 376 g/mol. The van der Waals surface area contributed by atoms with Crippen LogP contribution in [0.1, 0.15) is 17.5 Å². The van der Waals surface area contributed by atoms with Crippen molar-refractivity contribution in [1.29, 1.82) is 0 Å². The number of hydrogen-bond acceptors (Lipinski definition) is 4. The van der Waals surface area contributed by atoms with E-state index in [1.54, 1.807) is 18.2 Å². The van der Waals surface area contributed by atoms with Crippen molar-refractivity contribution in [3.05, 3.63) is 59.7 Å². The third kappa shape index (κ3) is 5.86. The molecule has 0 spiro atoms. The van der Waals surface area contributed by atoms with Gasteiger partial charge in [-0.1, -0.05) is 42.0 Å². The summed E-state index contributed by atoms with van der Waals surface area (Å²) in [5.41, 5.74) is 2.51. The second kappa shape index (κ2) is 8.82. The van der Waals surface area contributed by atoms with E-state index in [1.165, 1.54) is 11.4 Å². The number of hydrogen-bond donors (Lipinski definition) is 1. The standard InChI is InChI=1S/C19H24N2O4S/c1-15-7-6-8-16(13-15)14-21(26(3,23)24)12-11-19(22)20-17-9-4-5-10-18(17)25-2/h4-10,13H,11-12,14H2,1-3H3,(H,20,22). The number of rotatable bonds is 8. The Balaban J connectivity index is 2.02. The van der Waals surface area contributed by atoms with Gasteiger partial charge in [0.05, 0.1) is 19.1 Å². The number of anilines is 1. The number of sulfonamides is 1. The number of carbonyl (C=O) groups is 1. The number of methoxy groups -OCH3 is 1. The van der Waals surface area contributed by atoms with E-state index >= 15 is 0 Å². The molecule has 0 saturated heterocycles. The third-order valence-corrected chi connectivity index (χ3v) is 5.13. The van der Waals surface area contributed by atoms with Gasteiger partial charge in [-0.05, 0) is 24.6 Å². The summed E-state index contributed by atoms with van der Waals surface area (Å²) < 4.78 is 30.6. The van der Waals surface area contributed by atoms with Crippen molar-refractivity contribution in [1.82, 2.24) is 4.31 Å². The van der Waals surface area contributed by atoms with Gasteiger partial charge in [-0.25, -0.2) is 8.42 Å². The largest absolute Gasteiger partial charge is 0.495 e. The van der Waals surface area contributed by atoms with Crippen LogP contribution in [0.3, 0.4) is 0 Å². The maximum atomic E-state index is 12.2. The second-order valence-electron chi connectivity index (χ2n) is 6.08. The van der Waals surface area contributed by atoms with Crippen LogP contribution in [0.2, 0.25) is 0 Å². The summed E-state index contributed by atoms with van der Waals surface area (Å²) in [4.78, 5) is 12.2. The van der Waals surface area contributed by atoms with Crippen molar-refractivity contribution in [2.45, 2.75) is 19.9 Å². The minimum atomic E-state index is -3.43. The molecule has 0 heterocycles. The van der Waals surface area contributed by atoms with E-state index in [0.717, 1.165) is 17.4 Å². The van der Waals surface area contributed by atoms with Crippen LogP contribution in [0.5, 0.6) is 5.75 Å². The Bertz CT molecular complexity index is 865. The SMILES string of the molecule is COc1ccccc1NC(=O)CCN(Cc1cccc(C)c1)S(C)(=O)=O. The summed E-state index contributed by atoms with van der Waals surface area (Å²) in [7, 11) is -1.90. The monoisotopic (exact) mass is 376 g/mol. The fraction of sp³-hybridized carbons (Fsp3) is 0.316. The zero-order chi connectivity index (χ0) is 19.2. The molecule has 140 valence electrons. The molecule has 2 rings (SSSR count). The lowest BCUT2D eigenvalue weighted by Crippen LogP contribution is -2.32. The summed E-state index contributed by atoms with van der Waals surface area (Å²) in [6, 6.07) is 14.7. The van der Waals surface area contributed by atoms with Gasteiger partial charge in [-0.3, -0.25) is 4.79 Å². The first kappa shape index (κ1) is 19.9. The van der Waals surface area contributed by atoms with Gasteiger partial charge in [-0.2, -0.15) is 4.31 Å². The van der Waals surface area contributed by atoms with E-state index in [1.807, 2.05) is 37.3 Å². The van der Waals surface area contributed by atoms with Crippen LogP contribution >= 0.6 is 0 Å². The minimum absolute atomic E-state index is 0.0525. The number of ether oxygens (including phenoxy) is 1. The van der Waals surface area contributed by atoms with E-state index in [-0.39, 0.29) is 25.4 Å². The van der Waals surface area contributed by atoms with E-state index in [9.17, 15) is 13.2 Å². The van der Waals surface area contributed by atoms with Gasteiger partial charge in [0.15, 0.2) is 0 Å². The highest BCUT2D eigenvalue weighted by Gasteiger charge is 2.19. The maximum absolute atomic E-state index is 12.2. The van der Waals surface area contributed by atoms with Crippen LogP contribution < -0.4 is 10.1 Å². The lowest BCUT2D eigenvalue weighted by Gasteiger charge is -2.20. The highest BCUT2D eigenvalue weighted by Crippen LogP contribution is 2.23. The van der Waals surface area contributed by atoms with Crippen molar-refractivity contribution < 1.29 is 17.9 Å². The number of para-hydroxylation sites is 2. The van der Waals surface area contributed by atoms with Gasteiger partial charge in [0.1, 0.15) is 5.75 Å². The lowest BCUT2D eigenvalue weighted by atomic mass is 10.1. The Kier molecular flexibility index (Phi) is 6.76. The van der Waals surface area contributed by atoms with Gasteiger partial charge in [-0.15, -0.1) is 0 Å². The molecule has 7 heteroatoms. The molecule has 1 amide bonds. The Hall–Kier alpha value is -2.38. The van der Waals surface area contributed by atoms with Gasteiger partial charge in [0.25, 0.3) is 0 Å². The van der Waals surface area contributed by atoms with Gasteiger partial charge >= 0.3 is 0 Å². The Labute approximate surface area is 154 Å². The summed E-state index contributed by atoms with van der Waals surface area (Å²) in [5.74, 6) is 0.285. The van der Waals surface area contributed by atoms with Crippen LogP contribution in [0, 0.1) is 6.92 Å². The van der Waals surface area contributed by atoms with Gasteiger partial charge in [0.2, 0.25) is 15.9 Å². The number of nitrogens with one attached hydrogen (secondary N) is 1. The minimum Gasteiger partial charge on any atom is -0.495 e. The number of nitrogens with zero attached hydrogens (tertiary/aromatic N) is 1. The number of amides is 1. The van der Waals surface area contributed by atoms with Crippen molar-refractivity contribution in [2.24, 2.45) is 0 Å². The lowest BCUT2D eigenvalue weighted by molar-refractivity contribution is -0.116. The first-order valence-electron chi connectivity index (χ1n) is 8.23. The molecule has 0 fully saturated rings. The van der Waals surface area contributed by atoms with E-state index < -0.39 is 10.0 Å². The first-order chi connectivity index (χ1) is 12.3. The fourth-order valence-electron chi connectivity index (χ4n) is 2.56. The average Bonchev–Trinajstić information content (AvgIpc) is 2.58. The fourth-order valence-corrected chi connectivity index (χ4v) is 3.37. The number of aryl methyl sites for hydroxylation is 1. The van der Waals surface area contributed by atoms with Gasteiger partial charge < -0.3 is 10.1 Å². The maximum Gasteiger partial charge on any atom is 0.225 e. The summed E-state index contributed by atoms with van der Waals surface area (Å²) in [6.45, 7) is 2.30. The molecular weight excluding hydrogens is 352 g/mol. The molecule has 0 unspecified atom stereocenters. The molecule has 0 aliphatic carbocycles. The van der Waals surface area contributed by atoms with Crippen LogP contribution in [0.15, 0.2) is 48.5 Å². The molecule has 0 saturated carbocycles. The van der Waals surface area contributed by atoms with Crippen LogP contribution in [0.4, 0.5) is 5.69 Å². The normalized spacial score (nSPS) is 11.4. The van der Waals surface area contributed by atoms with Crippen molar-refractivity contribution in [3.8, 4) is 5.75 Å². The number of carbonyl (C=O) groups excluding carboxylic acids is 1. The molecule has 0 radical (unpaired) electrons.